The Bertz CT molecular complexity index is 560. The van der Waals surface area contributed by atoms with Gasteiger partial charge in [0.15, 0.2) is 0 Å². The van der Waals surface area contributed by atoms with Crippen LogP contribution >= 0.6 is 11.3 Å². The van der Waals surface area contributed by atoms with Gasteiger partial charge in [-0.15, -0.1) is 11.3 Å². The standard InChI is InChI=1S/C17H25N3O2S/c1-12-9-13(10-18)11-20(12)16(21)14-5-2-3-7-19(14)17(22)15-6-4-8-23-15/h4,6,8,12-14H,2-3,5,7,9-11,18H2,1H3. The summed E-state index contributed by atoms with van der Waals surface area (Å²) in [5.74, 6) is 0.498. The molecule has 5 nitrogen and oxygen atoms in total. The number of nitrogens with zero attached hydrogens (tertiary/aromatic N) is 2. The van der Waals surface area contributed by atoms with Crippen LogP contribution in [-0.2, 0) is 4.79 Å². The molecule has 3 rings (SSSR count). The van der Waals surface area contributed by atoms with Crippen molar-refractivity contribution < 1.29 is 9.59 Å². The van der Waals surface area contributed by atoms with Gasteiger partial charge in [0, 0.05) is 19.1 Å². The average molecular weight is 335 g/mol. The Hall–Kier alpha value is -1.40. The van der Waals surface area contributed by atoms with Crippen LogP contribution in [-0.4, -0.2) is 53.3 Å². The summed E-state index contributed by atoms with van der Waals surface area (Å²) >= 11 is 1.44. The highest BCUT2D eigenvalue weighted by atomic mass is 32.1. The highest BCUT2D eigenvalue weighted by molar-refractivity contribution is 7.12. The third-order valence-corrected chi connectivity index (χ3v) is 5.92. The van der Waals surface area contributed by atoms with E-state index >= 15 is 0 Å². The number of carbonyl (C=O) groups is 2. The molecule has 0 bridgehead atoms. The van der Waals surface area contributed by atoms with Crippen molar-refractivity contribution in [3.05, 3.63) is 22.4 Å². The third-order valence-electron chi connectivity index (χ3n) is 5.06. The zero-order valence-corrected chi connectivity index (χ0v) is 14.4. The minimum absolute atomic E-state index is 0.000254. The Kier molecular flexibility index (Phi) is 5.02. The quantitative estimate of drug-likeness (QED) is 0.918. The van der Waals surface area contributed by atoms with Crippen molar-refractivity contribution in [2.75, 3.05) is 19.6 Å². The summed E-state index contributed by atoms with van der Waals surface area (Å²) in [5.41, 5.74) is 5.78. The molecule has 126 valence electrons. The summed E-state index contributed by atoms with van der Waals surface area (Å²) in [6.45, 7) is 4.11. The number of thiophene rings is 1. The van der Waals surface area contributed by atoms with E-state index in [1.807, 2.05) is 22.4 Å². The van der Waals surface area contributed by atoms with Crippen molar-refractivity contribution in [3.8, 4) is 0 Å². The van der Waals surface area contributed by atoms with Crippen LogP contribution < -0.4 is 5.73 Å². The van der Waals surface area contributed by atoms with Crippen molar-refractivity contribution in [3.63, 3.8) is 0 Å². The van der Waals surface area contributed by atoms with Crippen LogP contribution in [0.15, 0.2) is 17.5 Å². The molecule has 1 aromatic heterocycles. The lowest BCUT2D eigenvalue weighted by Crippen LogP contribution is -2.53. The first-order valence-corrected chi connectivity index (χ1v) is 9.34. The molecule has 0 spiro atoms. The number of amides is 2. The first-order valence-electron chi connectivity index (χ1n) is 8.46. The summed E-state index contributed by atoms with van der Waals surface area (Å²) in [4.78, 5) is 30.2. The van der Waals surface area contributed by atoms with Gasteiger partial charge in [-0.3, -0.25) is 9.59 Å². The van der Waals surface area contributed by atoms with Gasteiger partial charge >= 0.3 is 0 Å². The smallest absolute Gasteiger partial charge is 0.264 e. The van der Waals surface area contributed by atoms with E-state index in [2.05, 4.69) is 6.92 Å². The van der Waals surface area contributed by atoms with Gasteiger partial charge in [0.1, 0.15) is 6.04 Å². The molecule has 2 saturated heterocycles. The normalized spacial score (nSPS) is 28.2. The molecule has 2 aliphatic heterocycles. The number of likely N-dealkylation sites (tertiary alicyclic amines) is 2. The zero-order chi connectivity index (χ0) is 16.4. The summed E-state index contributed by atoms with van der Waals surface area (Å²) in [6, 6.07) is 3.63. The lowest BCUT2D eigenvalue weighted by molar-refractivity contribution is -0.137. The van der Waals surface area contributed by atoms with Crippen LogP contribution in [0.2, 0.25) is 0 Å². The predicted octanol–water partition coefficient (Wildman–Crippen LogP) is 1.94. The fraction of sp³-hybridized carbons (Fsp3) is 0.647. The molecule has 2 amide bonds. The summed E-state index contributed by atoms with van der Waals surface area (Å²) in [5, 5.41) is 1.91. The topological polar surface area (TPSA) is 66.6 Å². The van der Waals surface area contributed by atoms with Gasteiger partial charge in [-0.1, -0.05) is 6.07 Å². The predicted molar refractivity (Wildman–Crippen MR) is 91.3 cm³/mol. The van der Waals surface area contributed by atoms with E-state index < -0.39 is 0 Å². The summed E-state index contributed by atoms with van der Waals surface area (Å²) < 4.78 is 0. The van der Waals surface area contributed by atoms with Crippen LogP contribution in [0, 0.1) is 5.92 Å². The van der Waals surface area contributed by atoms with Crippen molar-refractivity contribution in [1.82, 2.24) is 9.80 Å². The Morgan fingerprint density at radius 3 is 2.83 bits per heavy atom. The number of hydrogen-bond donors (Lipinski definition) is 1. The molecule has 0 saturated carbocycles. The minimum atomic E-state index is -0.308. The second-order valence-corrected chi connectivity index (χ2v) is 7.61. The molecule has 6 heteroatoms. The van der Waals surface area contributed by atoms with Gasteiger partial charge in [0.2, 0.25) is 5.91 Å². The zero-order valence-electron chi connectivity index (χ0n) is 13.6. The molecule has 2 fully saturated rings. The highest BCUT2D eigenvalue weighted by Gasteiger charge is 2.40. The third kappa shape index (κ3) is 3.28. The van der Waals surface area contributed by atoms with E-state index in [1.54, 1.807) is 4.90 Å². The van der Waals surface area contributed by atoms with E-state index in [1.165, 1.54) is 11.3 Å². The van der Waals surface area contributed by atoms with Gasteiger partial charge in [-0.05, 0) is 56.5 Å². The first-order chi connectivity index (χ1) is 11.1. The summed E-state index contributed by atoms with van der Waals surface area (Å²) in [7, 11) is 0. The Balaban J connectivity index is 1.76. The number of piperidine rings is 1. The molecular formula is C17H25N3O2S. The molecule has 2 N–H and O–H groups in total. The molecule has 3 atom stereocenters. The molecule has 3 unspecified atom stereocenters. The van der Waals surface area contributed by atoms with Crippen molar-refractivity contribution >= 4 is 23.2 Å². The molecule has 0 aromatic carbocycles. The molecule has 3 heterocycles. The molecule has 1 aromatic rings. The number of nitrogens with two attached hydrogens (primary N) is 1. The van der Waals surface area contributed by atoms with E-state index in [0.29, 0.717) is 19.0 Å². The number of carbonyl (C=O) groups excluding carboxylic acids is 2. The van der Waals surface area contributed by atoms with E-state index in [-0.39, 0.29) is 23.9 Å². The maximum atomic E-state index is 13.1. The van der Waals surface area contributed by atoms with Crippen LogP contribution in [0.3, 0.4) is 0 Å². The Morgan fingerprint density at radius 2 is 2.17 bits per heavy atom. The average Bonchev–Trinajstić information content (AvgIpc) is 3.23. The fourth-order valence-corrected chi connectivity index (χ4v) is 4.46. The SMILES string of the molecule is CC1CC(CN)CN1C(=O)C1CCCCN1C(=O)c1cccs1. The van der Waals surface area contributed by atoms with Crippen molar-refractivity contribution in [2.24, 2.45) is 11.7 Å². The second-order valence-electron chi connectivity index (χ2n) is 6.66. The largest absolute Gasteiger partial charge is 0.338 e. The van der Waals surface area contributed by atoms with E-state index in [0.717, 1.165) is 37.1 Å². The van der Waals surface area contributed by atoms with Crippen molar-refractivity contribution in [2.45, 2.75) is 44.7 Å². The van der Waals surface area contributed by atoms with E-state index in [4.69, 9.17) is 5.73 Å². The van der Waals surface area contributed by atoms with E-state index in [9.17, 15) is 9.59 Å². The first kappa shape index (κ1) is 16.5. The second kappa shape index (κ2) is 7.01. The molecule has 0 aliphatic carbocycles. The maximum Gasteiger partial charge on any atom is 0.264 e. The van der Waals surface area contributed by atoms with Crippen LogP contribution in [0.1, 0.15) is 42.3 Å². The molecule has 23 heavy (non-hydrogen) atoms. The lowest BCUT2D eigenvalue weighted by Gasteiger charge is -2.37. The van der Waals surface area contributed by atoms with Crippen LogP contribution in [0.4, 0.5) is 0 Å². The van der Waals surface area contributed by atoms with Crippen LogP contribution in [0.5, 0.6) is 0 Å². The van der Waals surface area contributed by atoms with Gasteiger partial charge in [0.05, 0.1) is 4.88 Å². The van der Waals surface area contributed by atoms with Gasteiger partial charge < -0.3 is 15.5 Å². The maximum absolute atomic E-state index is 13.1. The highest BCUT2D eigenvalue weighted by Crippen LogP contribution is 2.28. The minimum Gasteiger partial charge on any atom is -0.338 e. The monoisotopic (exact) mass is 335 g/mol. The van der Waals surface area contributed by atoms with Gasteiger partial charge in [-0.2, -0.15) is 0 Å². The molecular weight excluding hydrogens is 310 g/mol. The van der Waals surface area contributed by atoms with Gasteiger partial charge in [-0.25, -0.2) is 0 Å². The molecule has 2 aliphatic rings. The fourth-order valence-electron chi connectivity index (χ4n) is 3.78. The lowest BCUT2D eigenvalue weighted by atomic mass is 10.00. The number of hydrogen-bond acceptors (Lipinski definition) is 4. The summed E-state index contributed by atoms with van der Waals surface area (Å²) in [6.07, 6.45) is 3.72. The van der Waals surface area contributed by atoms with Crippen LogP contribution in [0.25, 0.3) is 0 Å². The Labute approximate surface area is 141 Å². The Morgan fingerprint density at radius 1 is 1.35 bits per heavy atom. The molecule has 0 radical (unpaired) electrons. The number of rotatable bonds is 3. The van der Waals surface area contributed by atoms with Gasteiger partial charge in [0.25, 0.3) is 5.91 Å². The van der Waals surface area contributed by atoms with Crippen molar-refractivity contribution in [1.29, 1.82) is 0 Å².